The summed E-state index contributed by atoms with van der Waals surface area (Å²) in [7, 11) is 1.32. The van der Waals surface area contributed by atoms with E-state index in [9.17, 15) is 13.6 Å². The minimum Gasteiger partial charge on any atom is -0.493 e. The Morgan fingerprint density at radius 2 is 2.10 bits per heavy atom. The highest BCUT2D eigenvalue weighted by Gasteiger charge is 2.13. The van der Waals surface area contributed by atoms with Crippen molar-refractivity contribution in [3.05, 3.63) is 52.2 Å². The number of benzene rings is 1. The summed E-state index contributed by atoms with van der Waals surface area (Å²) in [5.74, 6) is -0.265. The van der Waals surface area contributed by atoms with E-state index < -0.39 is 6.61 Å². The molecule has 0 aliphatic rings. The summed E-state index contributed by atoms with van der Waals surface area (Å²) >= 11 is 1.53. The van der Waals surface area contributed by atoms with Gasteiger partial charge in [-0.05, 0) is 46.7 Å². The fourth-order valence-corrected chi connectivity index (χ4v) is 2.28. The van der Waals surface area contributed by atoms with Gasteiger partial charge in [0.1, 0.15) is 0 Å². The molecule has 0 spiro atoms. The summed E-state index contributed by atoms with van der Waals surface area (Å²) in [5.41, 5.74) is 1.26. The van der Waals surface area contributed by atoms with E-state index in [1.165, 1.54) is 42.7 Å². The van der Waals surface area contributed by atoms with Crippen molar-refractivity contribution in [1.29, 1.82) is 0 Å². The molecule has 0 fully saturated rings. The second kappa shape index (κ2) is 6.99. The van der Waals surface area contributed by atoms with E-state index in [2.05, 4.69) is 4.74 Å². The van der Waals surface area contributed by atoms with Crippen molar-refractivity contribution in [2.75, 3.05) is 7.11 Å². The van der Waals surface area contributed by atoms with Crippen LogP contribution in [0.5, 0.6) is 11.5 Å². The molecule has 0 saturated carbocycles. The van der Waals surface area contributed by atoms with Crippen molar-refractivity contribution < 1.29 is 23.0 Å². The third-order valence-electron chi connectivity index (χ3n) is 2.63. The van der Waals surface area contributed by atoms with E-state index in [-0.39, 0.29) is 17.3 Å². The summed E-state index contributed by atoms with van der Waals surface area (Å²) in [6, 6.07) is 5.96. The Hall–Kier alpha value is -2.21. The number of carbonyl (C=O) groups is 1. The molecule has 1 heterocycles. The topological polar surface area (TPSA) is 35.5 Å². The lowest BCUT2D eigenvalue weighted by Gasteiger charge is -2.10. The van der Waals surface area contributed by atoms with Crippen molar-refractivity contribution in [3.8, 4) is 11.5 Å². The Morgan fingerprint density at radius 1 is 1.29 bits per heavy atom. The first-order valence-electron chi connectivity index (χ1n) is 5.97. The van der Waals surface area contributed by atoms with Crippen LogP contribution in [0.1, 0.15) is 15.9 Å². The lowest BCUT2D eigenvalue weighted by molar-refractivity contribution is -0.0512. The van der Waals surface area contributed by atoms with Crippen LogP contribution in [0.4, 0.5) is 8.78 Å². The zero-order chi connectivity index (χ0) is 15.2. The van der Waals surface area contributed by atoms with Crippen LogP contribution in [0, 0.1) is 0 Å². The molecule has 0 saturated heterocycles. The van der Waals surface area contributed by atoms with Crippen LogP contribution in [0.2, 0.25) is 0 Å². The molecule has 0 atom stereocenters. The Balaban J connectivity index is 2.18. The lowest BCUT2D eigenvalue weighted by atomic mass is 10.1. The first kappa shape index (κ1) is 15.2. The number of carbonyl (C=O) groups excluding carboxylic acids is 1. The molecule has 0 amide bonds. The highest BCUT2D eigenvalue weighted by molar-refractivity contribution is 7.08. The van der Waals surface area contributed by atoms with Gasteiger partial charge in [-0.15, -0.1) is 0 Å². The van der Waals surface area contributed by atoms with Gasteiger partial charge in [0, 0.05) is 5.56 Å². The van der Waals surface area contributed by atoms with E-state index in [0.717, 1.165) is 5.56 Å². The van der Waals surface area contributed by atoms with Gasteiger partial charge in [0.05, 0.1) is 7.11 Å². The molecule has 3 nitrogen and oxygen atoms in total. The number of rotatable bonds is 6. The maximum atomic E-state index is 12.2. The van der Waals surface area contributed by atoms with Crippen LogP contribution in [0.15, 0.2) is 41.1 Å². The van der Waals surface area contributed by atoms with Crippen LogP contribution in [0.3, 0.4) is 0 Å². The number of ether oxygens (including phenoxy) is 2. The van der Waals surface area contributed by atoms with Crippen LogP contribution in [-0.2, 0) is 0 Å². The lowest BCUT2D eigenvalue weighted by Crippen LogP contribution is -2.04. The van der Waals surface area contributed by atoms with E-state index in [1.807, 2.05) is 16.8 Å². The molecule has 0 aliphatic carbocycles. The summed E-state index contributed by atoms with van der Waals surface area (Å²) in [6.45, 7) is -2.95. The third-order valence-corrected chi connectivity index (χ3v) is 3.34. The monoisotopic (exact) mass is 310 g/mol. The van der Waals surface area contributed by atoms with Gasteiger partial charge in [0.15, 0.2) is 17.3 Å². The minimum atomic E-state index is -2.95. The Bertz CT molecular complexity index is 636. The molecule has 110 valence electrons. The quantitative estimate of drug-likeness (QED) is 0.591. The van der Waals surface area contributed by atoms with Crippen molar-refractivity contribution in [3.63, 3.8) is 0 Å². The predicted molar refractivity (Wildman–Crippen MR) is 77.3 cm³/mol. The zero-order valence-corrected chi connectivity index (χ0v) is 11.9. The SMILES string of the molecule is COc1cc(C(=O)C=Cc2ccsc2)ccc1OC(F)F. The molecule has 1 aromatic carbocycles. The molecule has 0 aliphatic heterocycles. The molecule has 0 unspecified atom stereocenters. The number of ketones is 1. The summed E-state index contributed by atoms with van der Waals surface area (Å²) in [6.07, 6.45) is 3.11. The second-order valence-corrected chi connectivity index (χ2v) is 4.78. The Morgan fingerprint density at radius 3 is 2.71 bits per heavy atom. The third kappa shape index (κ3) is 4.13. The van der Waals surface area contributed by atoms with Crippen molar-refractivity contribution in [2.45, 2.75) is 6.61 Å². The van der Waals surface area contributed by atoms with Crippen LogP contribution >= 0.6 is 11.3 Å². The van der Waals surface area contributed by atoms with Crippen molar-refractivity contribution in [1.82, 2.24) is 0 Å². The van der Waals surface area contributed by atoms with Crippen molar-refractivity contribution >= 4 is 23.2 Å². The molecule has 0 bridgehead atoms. The maximum Gasteiger partial charge on any atom is 0.387 e. The van der Waals surface area contributed by atoms with E-state index in [4.69, 9.17) is 4.74 Å². The molecule has 0 radical (unpaired) electrons. The first-order valence-corrected chi connectivity index (χ1v) is 6.92. The molecule has 21 heavy (non-hydrogen) atoms. The van der Waals surface area contributed by atoms with E-state index in [1.54, 1.807) is 6.08 Å². The van der Waals surface area contributed by atoms with Gasteiger partial charge in [-0.25, -0.2) is 0 Å². The normalized spacial score (nSPS) is 11.0. The predicted octanol–water partition coefficient (Wildman–Crippen LogP) is 4.25. The molecular weight excluding hydrogens is 298 g/mol. The second-order valence-electron chi connectivity index (χ2n) is 4.00. The highest BCUT2D eigenvalue weighted by Crippen LogP contribution is 2.29. The standard InChI is InChI=1S/C15H12F2O3S/c1-19-14-8-11(3-5-13(14)20-15(16)17)12(18)4-2-10-6-7-21-9-10/h2-9,15H,1H3. The number of allylic oxidation sites excluding steroid dienone is 1. The van der Waals surface area contributed by atoms with E-state index >= 15 is 0 Å². The Labute approximate surface area is 124 Å². The van der Waals surface area contributed by atoms with Gasteiger partial charge in [0.25, 0.3) is 0 Å². The average molecular weight is 310 g/mol. The summed E-state index contributed by atoms with van der Waals surface area (Å²) in [5, 5.41) is 3.81. The number of thiophene rings is 1. The molecular formula is C15H12F2O3S. The first-order chi connectivity index (χ1) is 10.1. The fourth-order valence-electron chi connectivity index (χ4n) is 1.65. The highest BCUT2D eigenvalue weighted by atomic mass is 32.1. The van der Waals surface area contributed by atoms with Crippen LogP contribution in [0.25, 0.3) is 6.08 Å². The molecule has 0 N–H and O–H groups in total. The minimum absolute atomic E-state index is 0.0880. The Kier molecular flexibility index (Phi) is 5.05. The van der Waals surface area contributed by atoms with Gasteiger partial charge in [-0.1, -0.05) is 6.08 Å². The fraction of sp³-hybridized carbons (Fsp3) is 0.133. The van der Waals surface area contributed by atoms with Gasteiger partial charge in [-0.2, -0.15) is 20.1 Å². The smallest absolute Gasteiger partial charge is 0.387 e. The van der Waals surface area contributed by atoms with E-state index in [0.29, 0.717) is 5.56 Å². The summed E-state index contributed by atoms with van der Waals surface area (Å²) in [4.78, 5) is 12.0. The number of methoxy groups -OCH3 is 1. The zero-order valence-electron chi connectivity index (χ0n) is 11.1. The molecule has 1 aromatic heterocycles. The van der Waals surface area contributed by atoms with Gasteiger partial charge in [0.2, 0.25) is 0 Å². The number of hydrogen-bond donors (Lipinski definition) is 0. The van der Waals surface area contributed by atoms with Gasteiger partial charge in [-0.3, -0.25) is 4.79 Å². The van der Waals surface area contributed by atoms with Crippen LogP contribution in [-0.4, -0.2) is 19.5 Å². The van der Waals surface area contributed by atoms with Crippen molar-refractivity contribution in [2.24, 2.45) is 0 Å². The van der Waals surface area contributed by atoms with Gasteiger partial charge < -0.3 is 9.47 Å². The molecule has 2 aromatic rings. The largest absolute Gasteiger partial charge is 0.493 e. The number of hydrogen-bond acceptors (Lipinski definition) is 4. The average Bonchev–Trinajstić information content (AvgIpc) is 2.98. The number of halogens is 2. The van der Waals surface area contributed by atoms with Crippen LogP contribution < -0.4 is 9.47 Å². The number of alkyl halides is 2. The maximum absolute atomic E-state index is 12.2. The summed E-state index contributed by atoms with van der Waals surface area (Å²) < 4.78 is 33.7. The molecule has 6 heteroatoms. The molecule has 2 rings (SSSR count). The van der Waals surface area contributed by atoms with Gasteiger partial charge >= 0.3 is 6.61 Å².